The molecule has 1 atom stereocenters. The molecule has 1 unspecified atom stereocenters. The third-order valence-electron chi connectivity index (χ3n) is 4.16. The number of nitrogens with one attached hydrogen (secondary N) is 1. The molecule has 1 fully saturated rings. The van der Waals surface area contributed by atoms with Crippen molar-refractivity contribution in [2.45, 2.75) is 44.7 Å². The second-order valence-corrected chi connectivity index (χ2v) is 5.79. The highest BCUT2D eigenvalue weighted by Gasteiger charge is 2.25. The monoisotopic (exact) mass is 289 g/mol. The fraction of sp³-hybridized carbons (Fsp3) is 0.588. The Hall–Kier alpha value is -1.39. The first-order valence-electron chi connectivity index (χ1n) is 8.03. The molecule has 1 heterocycles. The Kier molecular flexibility index (Phi) is 6.21. The van der Waals surface area contributed by atoms with Gasteiger partial charge in [0.25, 0.3) is 0 Å². The molecular weight excluding hydrogens is 262 g/mol. The van der Waals surface area contributed by atoms with Gasteiger partial charge in [-0.1, -0.05) is 37.3 Å². The molecule has 116 valence electrons. The van der Waals surface area contributed by atoms with Crippen molar-refractivity contribution in [2.75, 3.05) is 19.6 Å². The molecule has 1 saturated heterocycles. The number of carbonyl (C=O) groups excluding carboxylic acids is 1. The smallest absolute Gasteiger partial charge is 0.224 e. The van der Waals surface area contributed by atoms with Crippen molar-refractivity contribution in [1.29, 1.82) is 0 Å². The SMILES string of the molecule is CCCN(C(=O)CC(N)c1ccccc1)C1CCNCC1. The third-order valence-corrected chi connectivity index (χ3v) is 4.16. The van der Waals surface area contributed by atoms with Gasteiger partial charge in [-0.25, -0.2) is 0 Å². The molecular formula is C17H27N3O. The third kappa shape index (κ3) is 4.55. The zero-order valence-electron chi connectivity index (χ0n) is 12.9. The fourth-order valence-corrected chi connectivity index (χ4v) is 2.99. The summed E-state index contributed by atoms with van der Waals surface area (Å²) < 4.78 is 0. The van der Waals surface area contributed by atoms with Crippen LogP contribution in [0.25, 0.3) is 0 Å². The molecule has 0 aliphatic carbocycles. The summed E-state index contributed by atoms with van der Waals surface area (Å²) in [5, 5.41) is 3.35. The van der Waals surface area contributed by atoms with Crippen LogP contribution >= 0.6 is 0 Å². The maximum atomic E-state index is 12.6. The second kappa shape index (κ2) is 8.15. The van der Waals surface area contributed by atoms with Crippen LogP contribution in [-0.4, -0.2) is 36.5 Å². The van der Waals surface area contributed by atoms with E-state index in [1.807, 2.05) is 30.3 Å². The van der Waals surface area contributed by atoms with Gasteiger partial charge in [-0.3, -0.25) is 4.79 Å². The number of nitrogens with two attached hydrogens (primary N) is 1. The normalized spacial score (nSPS) is 17.4. The lowest BCUT2D eigenvalue weighted by atomic mass is 10.0. The minimum Gasteiger partial charge on any atom is -0.340 e. The van der Waals surface area contributed by atoms with E-state index in [0.29, 0.717) is 12.5 Å². The average molecular weight is 289 g/mol. The second-order valence-electron chi connectivity index (χ2n) is 5.79. The van der Waals surface area contributed by atoms with E-state index in [-0.39, 0.29) is 11.9 Å². The van der Waals surface area contributed by atoms with Crippen LogP contribution in [0.2, 0.25) is 0 Å². The molecule has 0 aromatic heterocycles. The van der Waals surface area contributed by atoms with Gasteiger partial charge < -0.3 is 16.0 Å². The van der Waals surface area contributed by atoms with Crippen LogP contribution in [0.3, 0.4) is 0 Å². The minimum absolute atomic E-state index is 0.195. The number of rotatable bonds is 6. The topological polar surface area (TPSA) is 58.4 Å². The molecule has 2 rings (SSSR count). The van der Waals surface area contributed by atoms with Crippen LogP contribution in [0.5, 0.6) is 0 Å². The number of nitrogens with zero attached hydrogens (tertiary/aromatic N) is 1. The van der Waals surface area contributed by atoms with Crippen molar-refractivity contribution in [3.63, 3.8) is 0 Å². The zero-order valence-corrected chi connectivity index (χ0v) is 12.9. The van der Waals surface area contributed by atoms with E-state index in [9.17, 15) is 4.79 Å². The van der Waals surface area contributed by atoms with E-state index in [4.69, 9.17) is 5.73 Å². The summed E-state index contributed by atoms with van der Waals surface area (Å²) in [6, 6.07) is 10.1. The van der Waals surface area contributed by atoms with Gasteiger partial charge in [-0.05, 0) is 37.9 Å². The van der Waals surface area contributed by atoms with Gasteiger partial charge in [0.15, 0.2) is 0 Å². The van der Waals surface area contributed by atoms with Crippen LogP contribution in [0, 0.1) is 0 Å². The van der Waals surface area contributed by atoms with Crippen LogP contribution < -0.4 is 11.1 Å². The lowest BCUT2D eigenvalue weighted by molar-refractivity contribution is -0.134. The van der Waals surface area contributed by atoms with E-state index >= 15 is 0 Å². The Labute approximate surface area is 127 Å². The molecule has 4 nitrogen and oxygen atoms in total. The number of hydrogen-bond donors (Lipinski definition) is 2. The molecule has 0 saturated carbocycles. The van der Waals surface area contributed by atoms with E-state index in [2.05, 4.69) is 17.1 Å². The number of amides is 1. The number of benzene rings is 1. The van der Waals surface area contributed by atoms with Crippen molar-refractivity contribution in [3.05, 3.63) is 35.9 Å². The predicted octanol–water partition coefficient (Wildman–Crippen LogP) is 2.07. The summed E-state index contributed by atoms with van der Waals surface area (Å²) in [4.78, 5) is 14.7. The first-order valence-corrected chi connectivity index (χ1v) is 8.03. The van der Waals surface area contributed by atoms with Gasteiger partial charge in [-0.15, -0.1) is 0 Å². The van der Waals surface area contributed by atoms with Crippen molar-refractivity contribution in [3.8, 4) is 0 Å². The average Bonchev–Trinajstić information content (AvgIpc) is 2.54. The lowest BCUT2D eigenvalue weighted by Gasteiger charge is -2.35. The Balaban J connectivity index is 1.97. The molecule has 0 radical (unpaired) electrons. The first kappa shape index (κ1) is 16.0. The Morgan fingerprint density at radius 3 is 2.62 bits per heavy atom. The summed E-state index contributed by atoms with van der Waals surface area (Å²) in [6.07, 6.45) is 3.49. The Bertz CT molecular complexity index is 429. The standard InChI is InChI=1S/C17H27N3O/c1-2-12-20(15-8-10-19-11-9-15)17(21)13-16(18)14-6-4-3-5-7-14/h3-7,15-16,19H,2,8-13,18H2,1H3. The highest BCUT2D eigenvalue weighted by molar-refractivity contribution is 5.77. The first-order chi connectivity index (χ1) is 10.2. The Morgan fingerprint density at radius 2 is 2.00 bits per heavy atom. The van der Waals surface area contributed by atoms with Gasteiger partial charge in [-0.2, -0.15) is 0 Å². The number of piperidine rings is 1. The maximum absolute atomic E-state index is 12.6. The van der Waals surface area contributed by atoms with Crippen LogP contribution in [0.4, 0.5) is 0 Å². The lowest BCUT2D eigenvalue weighted by Crippen LogP contribution is -2.47. The van der Waals surface area contributed by atoms with Crippen molar-refractivity contribution >= 4 is 5.91 Å². The molecule has 0 spiro atoms. The van der Waals surface area contributed by atoms with Crippen molar-refractivity contribution in [2.24, 2.45) is 5.73 Å². The minimum atomic E-state index is -0.209. The molecule has 21 heavy (non-hydrogen) atoms. The van der Waals surface area contributed by atoms with Crippen molar-refractivity contribution < 1.29 is 4.79 Å². The van der Waals surface area contributed by atoms with Gasteiger partial charge in [0.2, 0.25) is 5.91 Å². The van der Waals surface area contributed by atoms with Gasteiger partial charge in [0, 0.05) is 25.0 Å². The molecule has 4 heteroatoms. The summed E-state index contributed by atoms with van der Waals surface area (Å²) in [7, 11) is 0. The van der Waals surface area contributed by atoms with Gasteiger partial charge >= 0.3 is 0 Å². The Morgan fingerprint density at radius 1 is 1.33 bits per heavy atom. The molecule has 1 aliphatic rings. The van der Waals surface area contributed by atoms with Crippen molar-refractivity contribution in [1.82, 2.24) is 10.2 Å². The van der Waals surface area contributed by atoms with E-state index < -0.39 is 0 Å². The van der Waals surface area contributed by atoms with Gasteiger partial charge in [0.05, 0.1) is 0 Å². The summed E-state index contributed by atoms with van der Waals surface area (Å²) in [5.74, 6) is 0.195. The fourth-order valence-electron chi connectivity index (χ4n) is 2.99. The molecule has 3 N–H and O–H groups in total. The van der Waals surface area contributed by atoms with Crippen LogP contribution in [0.1, 0.15) is 44.2 Å². The molecule has 1 aromatic rings. The largest absolute Gasteiger partial charge is 0.340 e. The number of hydrogen-bond acceptors (Lipinski definition) is 3. The van der Waals surface area contributed by atoms with E-state index in [0.717, 1.165) is 44.5 Å². The summed E-state index contributed by atoms with van der Waals surface area (Å²) >= 11 is 0. The van der Waals surface area contributed by atoms with Crippen LogP contribution in [-0.2, 0) is 4.79 Å². The summed E-state index contributed by atoms with van der Waals surface area (Å²) in [6.45, 7) is 4.97. The molecule has 0 bridgehead atoms. The van der Waals surface area contributed by atoms with E-state index in [1.165, 1.54) is 0 Å². The highest BCUT2D eigenvalue weighted by atomic mass is 16.2. The molecule has 1 aliphatic heterocycles. The highest BCUT2D eigenvalue weighted by Crippen LogP contribution is 2.19. The number of carbonyl (C=O) groups is 1. The predicted molar refractivity (Wildman–Crippen MR) is 85.9 cm³/mol. The molecule has 1 aromatic carbocycles. The quantitative estimate of drug-likeness (QED) is 0.843. The van der Waals surface area contributed by atoms with E-state index in [1.54, 1.807) is 0 Å². The summed E-state index contributed by atoms with van der Waals surface area (Å²) in [5.41, 5.74) is 7.23. The zero-order chi connectivity index (χ0) is 15.1. The maximum Gasteiger partial charge on any atom is 0.224 e. The van der Waals surface area contributed by atoms with Gasteiger partial charge in [0.1, 0.15) is 0 Å². The molecule has 1 amide bonds. The van der Waals surface area contributed by atoms with Crippen LogP contribution in [0.15, 0.2) is 30.3 Å².